The maximum Gasteiger partial charge on any atom is 0.161 e. The summed E-state index contributed by atoms with van der Waals surface area (Å²) in [7, 11) is 0. The molecule has 2 heterocycles. The fourth-order valence-corrected chi connectivity index (χ4v) is 3.07. The van der Waals surface area contributed by atoms with Gasteiger partial charge in [-0.05, 0) is 43.3 Å². The van der Waals surface area contributed by atoms with E-state index in [9.17, 15) is 4.79 Å². The Balaban J connectivity index is 1.79. The number of benzene rings is 2. The minimum absolute atomic E-state index is 0.0514. The summed E-state index contributed by atoms with van der Waals surface area (Å²) < 4.78 is 2.03. The monoisotopic (exact) mass is 342 g/mol. The third-order valence-corrected chi connectivity index (χ3v) is 4.32. The molecule has 5 heteroatoms. The molecule has 3 N–H and O–H groups in total. The lowest BCUT2D eigenvalue weighted by Crippen LogP contribution is -1.99. The molecule has 5 nitrogen and oxygen atoms in total. The van der Waals surface area contributed by atoms with Gasteiger partial charge in [-0.15, -0.1) is 0 Å². The third kappa shape index (κ3) is 2.80. The lowest BCUT2D eigenvalue weighted by Gasteiger charge is -2.11. The van der Waals surface area contributed by atoms with Crippen molar-refractivity contribution in [1.82, 2.24) is 9.55 Å². The smallest absolute Gasteiger partial charge is 0.161 e. The summed E-state index contributed by atoms with van der Waals surface area (Å²) in [4.78, 5) is 16.3. The molecular formula is C21H18N4O. The van der Waals surface area contributed by atoms with Crippen molar-refractivity contribution in [3.05, 3.63) is 78.6 Å². The van der Waals surface area contributed by atoms with Gasteiger partial charge in [0.15, 0.2) is 11.6 Å². The predicted octanol–water partition coefficient (Wildman–Crippen LogP) is 4.55. The van der Waals surface area contributed by atoms with Gasteiger partial charge in [0.2, 0.25) is 0 Å². The second kappa shape index (κ2) is 6.37. The number of pyridine rings is 1. The Morgan fingerprint density at radius 3 is 2.73 bits per heavy atom. The molecule has 0 fully saturated rings. The Hall–Kier alpha value is -3.60. The van der Waals surface area contributed by atoms with Gasteiger partial charge in [-0.25, -0.2) is 4.98 Å². The van der Waals surface area contributed by atoms with Crippen LogP contribution < -0.4 is 11.1 Å². The molecule has 0 amide bonds. The van der Waals surface area contributed by atoms with Gasteiger partial charge in [-0.2, -0.15) is 0 Å². The number of fused-ring (bicyclic) bond motifs is 1. The molecule has 0 aliphatic carbocycles. The number of Topliss-reactive ketones (excluding diaryl/α,β-unsaturated/α-hetero) is 1. The summed E-state index contributed by atoms with van der Waals surface area (Å²) in [5, 5.41) is 4.19. The first-order valence-corrected chi connectivity index (χ1v) is 8.32. The Labute approximate surface area is 151 Å². The van der Waals surface area contributed by atoms with Crippen LogP contribution in [0, 0.1) is 0 Å². The molecular weight excluding hydrogens is 324 g/mol. The average Bonchev–Trinajstić information content (AvgIpc) is 3.04. The number of nitrogens with zero attached hydrogens (tertiary/aromatic N) is 2. The van der Waals surface area contributed by atoms with Crippen molar-refractivity contribution < 1.29 is 4.79 Å². The van der Waals surface area contributed by atoms with E-state index in [1.807, 2.05) is 59.3 Å². The zero-order valence-electron chi connectivity index (χ0n) is 14.3. The van der Waals surface area contributed by atoms with Gasteiger partial charge in [0, 0.05) is 34.7 Å². The van der Waals surface area contributed by atoms with E-state index in [1.165, 1.54) is 0 Å². The van der Waals surface area contributed by atoms with Gasteiger partial charge in [-0.3, -0.25) is 4.79 Å². The van der Waals surface area contributed by atoms with Crippen molar-refractivity contribution in [2.24, 2.45) is 0 Å². The summed E-state index contributed by atoms with van der Waals surface area (Å²) in [6, 6.07) is 19.4. The SMILES string of the molecule is CC(=O)c1cn(-c2cccc(Nc3ncccc3N)c2)c2ccccc12. The molecule has 4 aromatic rings. The van der Waals surface area contributed by atoms with E-state index in [0.717, 1.165) is 22.3 Å². The number of nitrogen functional groups attached to an aromatic ring is 1. The van der Waals surface area contributed by atoms with Crippen LogP contribution in [0.5, 0.6) is 0 Å². The van der Waals surface area contributed by atoms with Crippen molar-refractivity contribution in [3.8, 4) is 5.69 Å². The number of carbonyl (C=O) groups excluding carboxylic acids is 1. The van der Waals surface area contributed by atoms with Gasteiger partial charge in [0.1, 0.15) is 0 Å². The van der Waals surface area contributed by atoms with Crippen LogP contribution in [-0.4, -0.2) is 15.3 Å². The molecule has 128 valence electrons. The van der Waals surface area contributed by atoms with Gasteiger partial charge in [-0.1, -0.05) is 24.3 Å². The maximum absolute atomic E-state index is 12.0. The summed E-state index contributed by atoms with van der Waals surface area (Å²) in [5.74, 6) is 0.668. The molecule has 0 saturated carbocycles. The number of para-hydroxylation sites is 1. The summed E-state index contributed by atoms with van der Waals surface area (Å²) in [5.41, 5.74) is 10.1. The number of hydrogen-bond acceptors (Lipinski definition) is 4. The first kappa shape index (κ1) is 15.9. The molecule has 0 spiro atoms. The molecule has 26 heavy (non-hydrogen) atoms. The number of anilines is 3. The van der Waals surface area contributed by atoms with E-state index < -0.39 is 0 Å². The Morgan fingerprint density at radius 1 is 1.08 bits per heavy atom. The number of nitrogens with two attached hydrogens (primary N) is 1. The Bertz CT molecular complexity index is 1110. The molecule has 0 saturated heterocycles. The standard InChI is InChI=1S/C21H18N4O/c1-14(26)18-13-25(20-10-3-2-8-17(18)20)16-7-4-6-15(12-16)24-21-19(22)9-5-11-23-21/h2-13H,22H2,1H3,(H,23,24). The van der Waals surface area contributed by atoms with Crippen molar-refractivity contribution >= 4 is 33.9 Å². The Kier molecular flexibility index (Phi) is 3.89. The molecule has 0 unspecified atom stereocenters. The average molecular weight is 342 g/mol. The molecule has 0 bridgehead atoms. The van der Waals surface area contributed by atoms with Gasteiger partial charge >= 0.3 is 0 Å². The largest absolute Gasteiger partial charge is 0.396 e. The lowest BCUT2D eigenvalue weighted by molar-refractivity contribution is 0.101. The number of carbonyl (C=O) groups is 1. The maximum atomic E-state index is 12.0. The number of ketones is 1. The zero-order valence-corrected chi connectivity index (χ0v) is 14.3. The van der Waals surface area contributed by atoms with E-state index in [0.29, 0.717) is 17.1 Å². The van der Waals surface area contributed by atoms with E-state index in [-0.39, 0.29) is 5.78 Å². The number of nitrogens with one attached hydrogen (secondary N) is 1. The molecule has 0 atom stereocenters. The molecule has 0 aliphatic heterocycles. The van der Waals surface area contributed by atoms with Crippen molar-refractivity contribution in [2.75, 3.05) is 11.1 Å². The minimum Gasteiger partial charge on any atom is -0.396 e. The van der Waals surface area contributed by atoms with Crippen LogP contribution in [0.15, 0.2) is 73.1 Å². The molecule has 4 rings (SSSR count). The summed E-state index contributed by atoms with van der Waals surface area (Å²) >= 11 is 0. The fourth-order valence-electron chi connectivity index (χ4n) is 3.07. The highest BCUT2D eigenvalue weighted by atomic mass is 16.1. The van der Waals surface area contributed by atoms with Gasteiger partial charge in [0.25, 0.3) is 0 Å². The van der Waals surface area contributed by atoms with Crippen LogP contribution in [0.4, 0.5) is 17.2 Å². The molecule has 0 aliphatic rings. The lowest BCUT2D eigenvalue weighted by atomic mass is 10.1. The van der Waals surface area contributed by atoms with Crippen LogP contribution >= 0.6 is 0 Å². The van der Waals surface area contributed by atoms with Crippen molar-refractivity contribution in [3.63, 3.8) is 0 Å². The molecule has 0 radical (unpaired) electrons. The minimum atomic E-state index is 0.0514. The molecule has 2 aromatic carbocycles. The summed E-state index contributed by atoms with van der Waals surface area (Å²) in [6.07, 6.45) is 3.59. The fraction of sp³-hybridized carbons (Fsp3) is 0.0476. The van der Waals surface area contributed by atoms with Crippen molar-refractivity contribution in [2.45, 2.75) is 6.92 Å². The second-order valence-corrected chi connectivity index (χ2v) is 6.10. The van der Waals surface area contributed by atoms with E-state index >= 15 is 0 Å². The van der Waals surface area contributed by atoms with Crippen LogP contribution in [0.2, 0.25) is 0 Å². The van der Waals surface area contributed by atoms with Crippen LogP contribution in [0.3, 0.4) is 0 Å². The number of hydrogen-bond donors (Lipinski definition) is 2. The highest BCUT2D eigenvalue weighted by Gasteiger charge is 2.13. The summed E-state index contributed by atoms with van der Waals surface area (Å²) in [6.45, 7) is 1.59. The van der Waals surface area contributed by atoms with Crippen LogP contribution in [0.25, 0.3) is 16.6 Å². The van der Waals surface area contributed by atoms with Crippen LogP contribution in [-0.2, 0) is 0 Å². The van der Waals surface area contributed by atoms with Gasteiger partial charge in [0.05, 0.1) is 11.2 Å². The first-order valence-electron chi connectivity index (χ1n) is 8.32. The zero-order chi connectivity index (χ0) is 18.1. The van der Waals surface area contributed by atoms with E-state index in [2.05, 4.69) is 10.3 Å². The van der Waals surface area contributed by atoms with Gasteiger partial charge < -0.3 is 15.6 Å². The highest BCUT2D eigenvalue weighted by molar-refractivity contribution is 6.07. The normalized spacial score (nSPS) is 10.8. The van der Waals surface area contributed by atoms with E-state index in [1.54, 1.807) is 25.3 Å². The first-order chi connectivity index (χ1) is 12.6. The van der Waals surface area contributed by atoms with E-state index in [4.69, 9.17) is 5.73 Å². The topological polar surface area (TPSA) is 72.9 Å². The van der Waals surface area contributed by atoms with Crippen molar-refractivity contribution in [1.29, 1.82) is 0 Å². The second-order valence-electron chi connectivity index (χ2n) is 6.10. The third-order valence-electron chi connectivity index (χ3n) is 4.32. The molecule has 2 aromatic heterocycles. The Morgan fingerprint density at radius 2 is 1.92 bits per heavy atom. The number of rotatable bonds is 4. The number of aromatic nitrogens is 2. The van der Waals surface area contributed by atoms with Crippen LogP contribution in [0.1, 0.15) is 17.3 Å². The quantitative estimate of drug-likeness (QED) is 0.534. The predicted molar refractivity (Wildman–Crippen MR) is 105 cm³/mol. The highest BCUT2D eigenvalue weighted by Crippen LogP contribution is 2.27.